The molecule has 0 aromatic carbocycles. The van der Waals surface area contributed by atoms with E-state index in [9.17, 15) is 0 Å². The maximum atomic E-state index is 8.64. The van der Waals surface area contributed by atoms with Gasteiger partial charge in [0.1, 0.15) is 10.9 Å². The number of hydrogen-bond acceptors (Lipinski definition) is 3. The first-order chi connectivity index (χ1) is 6.88. The molecule has 4 heteroatoms. The molecule has 2 aromatic rings. The van der Waals surface area contributed by atoms with E-state index in [1.807, 2.05) is 41.3 Å². The summed E-state index contributed by atoms with van der Waals surface area (Å²) >= 11 is 1.52. The number of nitrogens with one attached hydrogen (secondary N) is 1. The van der Waals surface area contributed by atoms with Crippen LogP contribution in [0.15, 0.2) is 36.7 Å². The zero-order chi connectivity index (χ0) is 9.80. The van der Waals surface area contributed by atoms with Gasteiger partial charge in [-0.05, 0) is 24.3 Å². The van der Waals surface area contributed by atoms with Crippen LogP contribution >= 0.6 is 11.3 Å². The van der Waals surface area contributed by atoms with E-state index < -0.39 is 0 Å². The summed E-state index contributed by atoms with van der Waals surface area (Å²) in [5, 5.41) is 8.64. The molecule has 1 N–H and O–H groups in total. The molecule has 0 saturated carbocycles. The predicted octanol–water partition coefficient (Wildman–Crippen LogP) is 2.16. The molecule has 0 bridgehead atoms. The van der Waals surface area contributed by atoms with Gasteiger partial charge in [0.15, 0.2) is 0 Å². The number of hydrogen-bond donors (Lipinski definition) is 1. The molecular formula is C10H9N3S. The lowest BCUT2D eigenvalue weighted by Crippen LogP contribution is -2.10. The van der Waals surface area contributed by atoms with E-state index in [2.05, 4.69) is 11.5 Å². The fraction of sp³-hybridized carbons (Fsp3) is 0.100. The van der Waals surface area contributed by atoms with Gasteiger partial charge in [-0.1, -0.05) is 0 Å². The van der Waals surface area contributed by atoms with Crippen LogP contribution in [0.25, 0.3) is 0 Å². The van der Waals surface area contributed by atoms with Crippen LogP contribution in [0.2, 0.25) is 0 Å². The van der Waals surface area contributed by atoms with Gasteiger partial charge in [-0.25, -0.2) is 0 Å². The van der Waals surface area contributed by atoms with Crippen molar-refractivity contribution in [1.82, 2.24) is 4.68 Å². The van der Waals surface area contributed by atoms with Crippen molar-refractivity contribution >= 4 is 11.3 Å². The highest BCUT2D eigenvalue weighted by Gasteiger charge is 1.97. The van der Waals surface area contributed by atoms with Crippen LogP contribution in [0.1, 0.15) is 9.75 Å². The van der Waals surface area contributed by atoms with E-state index in [0.29, 0.717) is 0 Å². The molecule has 2 heterocycles. The molecule has 70 valence electrons. The Kier molecular flexibility index (Phi) is 2.52. The molecule has 0 fully saturated rings. The molecule has 3 nitrogen and oxygen atoms in total. The smallest absolute Gasteiger partial charge is 0.110 e. The first kappa shape index (κ1) is 8.85. The summed E-state index contributed by atoms with van der Waals surface area (Å²) in [5.41, 5.74) is 3.20. The van der Waals surface area contributed by atoms with Crippen LogP contribution in [-0.2, 0) is 6.54 Å². The van der Waals surface area contributed by atoms with Gasteiger partial charge in [-0.15, -0.1) is 11.3 Å². The Bertz CT molecular complexity index is 436. The molecule has 0 saturated heterocycles. The summed E-state index contributed by atoms with van der Waals surface area (Å²) in [6, 6.07) is 9.86. The summed E-state index contributed by atoms with van der Waals surface area (Å²) < 4.78 is 1.89. The van der Waals surface area contributed by atoms with Crippen molar-refractivity contribution in [2.45, 2.75) is 6.54 Å². The fourth-order valence-corrected chi connectivity index (χ4v) is 1.88. The SMILES string of the molecule is N#Cc1ccc(CNn2cccc2)s1. The Morgan fingerprint density at radius 3 is 2.79 bits per heavy atom. The lowest BCUT2D eigenvalue weighted by Gasteiger charge is -2.04. The summed E-state index contributed by atoms with van der Waals surface area (Å²) in [7, 11) is 0. The number of thiophene rings is 1. The van der Waals surface area contributed by atoms with Crippen molar-refractivity contribution in [1.29, 1.82) is 5.26 Å². The molecule has 0 radical (unpaired) electrons. The van der Waals surface area contributed by atoms with Crippen molar-refractivity contribution in [2.75, 3.05) is 5.43 Å². The first-order valence-corrected chi connectivity index (χ1v) is 5.06. The van der Waals surface area contributed by atoms with Gasteiger partial charge in [-0.2, -0.15) is 5.26 Å². The van der Waals surface area contributed by atoms with Crippen molar-refractivity contribution in [2.24, 2.45) is 0 Å². The van der Waals surface area contributed by atoms with Gasteiger partial charge in [-0.3, -0.25) is 4.68 Å². The zero-order valence-electron chi connectivity index (χ0n) is 7.47. The highest BCUT2D eigenvalue weighted by molar-refractivity contribution is 7.12. The van der Waals surface area contributed by atoms with Gasteiger partial charge < -0.3 is 5.43 Å². The van der Waals surface area contributed by atoms with Crippen LogP contribution in [0, 0.1) is 11.3 Å². The van der Waals surface area contributed by atoms with Crippen LogP contribution < -0.4 is 5.43 Å². The summed E-state index contributed by atoms with van der Waals surface area (Å²) in [5.74, 6) is 0. The first-order valence-electron chi connectivity index (χ1n) is 4.24. The maximum absolute atomic E-state index is 8.64. The molecule has 0 aliphatic heterocycles. The Hall–Kier alpha value is -1.73. The van der Waals surface area contributed by atoms with Crippen molar-refractivity contribution in [3.8, 4) is 6.07 Å². The number of nitrogens with zero attached hydrogens (tertiary/aromatic N) is 2. The van der Waals surface area contributed by atoms with Crippen LogP contribution in [-0.4, -0.2) is 4.68 Å². The summed E-state index contributed by atoms with van der Waals surface area (Å²) in [4.78, 5) is 1.92. The Morgan fingerprint density at radius 1 is 1.36 bits per heavy atom. The minimum Gasteiger partial charge on any atom is -0.321 e. The third kappa shape index (κ3) is 1.95. The average molecular weight is 203 g/mol. The third-order valence-electron chi connectivity index (χ3n) is 1.81. The quantitative estimate of drug-likeness (QED) is 0.830. The Morgan fingerprint density at radius 2 is 2.14 bits per heavy atom. The summed E-state index contributed by atoms with van der Waals surface area (Å²) in [6.45, 7) is 0.751. The molecule has 0 aliphatic rings. The van der Waals surface area contributed by atoms with Crippen LogP contribution in [0.4, 0.5) is 0 Å². The van der Waals surface area contributed by atoms with Gasteiger partial charge >= 0.3 is 0 Å². The number of nitriles is 1. The van der Waals surface area contributed by atoms with Gasteiger partial charge in [0, 0.05) is 17.3 Å². The van der Waals surface area contributed by atoms with Crippen LogP contribution in [0.5, 0.6) is 0 Å². The average Bonchev–Trinajstić information content (AvgIpc) is 2.86. The largest absolute Gasteiger partial charge is 0.321 e. The molecule has 0 aliphatic carbocycles. The molecule has 14 heavy (non-hydrogen) atoms. The minimum atomic E-state index is 0.751. The molecule has 0 unspecified atom stereocenters. The highest BCUT2D eigenvalue weighted by atomic mass is 32.1. The third-order valence-corrected chi connectivity index (χ3v) is 2.80. The monoisotopic (exact) mass is 203 g/mol. The molecule has 2 rings (SSSR count). The molecular weight excluding hydrogens is 194 g/mol. The fourth-order valence-electron chi connectivity index (χ4n) is 1.14. The van der Waals surface area contributed by atoms with E-state index in [4.69, 9.17) is 5.26 Å². The predicted molar refractivity (Wildman–Crippen MR) is 56.5 cm³/mol. The second kappa shape index (κ2) is 3.99. The van der Waals surface area contributed by atoms with Gasteiger partial charge in [0.25, 0.3) is 0 Å². The molecule has 0 spiro atoms. The van der Waals surface area contributed by atoms with Gasteiger partial charge in [0.2, 0.25) is 0 Å². The molecule has 0 atom stereocenters. The van der Waals surface area contributed by atoms with Gasteiger partial charge in [0.05, 0.1) is 6.54 Å². The second-order valence-electron chi connectivity index (χ2n) is 2.80. The number of aromatic nitrogens is 1. The van der Waals surface area contributed by atoms with E-state index in [1.54, 1.807) is 0 Å². The second-order valence-corrected chi connectivity index (χ2v) is 3.97. The van der Waals surface area contributed by atoms with Crippen molar-refractivity contribution in [3.05, 3.63) is 46.4 Å². The maximum Gasteiger partial charge on any atom is 0.110 e. The molecule has 0 amide bonds. The highest BCUT2D eigenvalue weighted by Crippen LogP contribution is 2.14. The Balaban J connectivity index is 1.96. The topological polar surface area (TPSA) is 40.8 Å². The lowest BCUT2D eigenvalue weighted by molar-refractivity contribution is 0.855. The van der Waals surface area contributed by atoms with E-state index in [1.165, 1.54) is 11.3 Å². The zero-order valence-corrected chi connectivity index (χ0v) is 8.29. The normalized spacial score (nSPS) is 9.64. The minimum absolute atomic E-state index is 0.751. The van der Waals surface area contributed by atoms with E-state index in [-0.39, 0.29) is 0 Å². The molecule has 2 aromatic heterocycles. The lowest BCUT2D eigenvalue weighted by atomic mass is 10.4. The Labute approximate surface area is 86.2 Å². The van der Waals surface area contributed by atoms with E-state index >= 15 is 0 Å². The van der Waals surface area contributed by atoms with E-state index in [0.717, 1.165) is 16.3 Å². The number of rotatable bonds is 3. The standard InChI is InChI=1S/C10H9N3S/c11-7-9-3-4-10(14-9)8-12-13-5-1-2-6-13/h1-6,12H,8H2. The van der Waals surface area contributed by atoms with Crippen molar-refractivity contribution < 1.29 is 0 Å². The van der Waals surface area contributed by atoms with Crippen LogP contribution in [0.3, 0.4) is 0 Å². The van der Waals surface area contributed by atoms with Crippen molar-refractivity contribution in [3.63, 3.8) is 0 Å². The summed E-state index contributed by atoms with van der Waals surface area (Å²) in [6.07, 6.45) is 3.89.